The molecule has 0 aromatic rings. The first kappa shape index (κ1) is 12.7. The fourth-order valence-corrected chi connectivity index (χ4v) is 2.30. The van der Waals surface area contributed by atoms with Gasteiger partial charge in [-0.2, -0.15) is 0 Å². The molecule has 1 atom stereocenters. The molecule has 0 saturated heterocycles. The molecule has 88 valence electrons. The lowest BCUT2D eigenvalue weighted by Gasteiger charge is -2.30. The molecular weight excluding hydrogens is 186 g/mol. The summed E-state index contributed by atoms with van der Waals surface area (Å²) in [5, 5.41) is 13.1. The summed E-state index contributed by atoms with van der Waals surface area (Å²) in [6.45, 7) is 6.00. The number of allylic oxidation sites excluding steroid dienone is 1. The average Bonchev–Trinajstić information content (AvgIpc) is 2.27. The van der Waals surface area contributed by atoms with Gasteiger partial charge in [0.2, 0.25) is 0 Å². The minimum atomic E-state index is -0.0451. The maximum Gasteiger partial charge on any atom is 0.0541 e. The maximum atomic E-state index is 9.42. The van der Waals surface area contributed by atoms with Crippen LogP contribution in [0.4, 0.5) is 0 Å². The Morgan fingerprint density at radius 3 is 2.60 bits per heavy atom. The van der Waals surface area contributed by atoms with Gasteiger partial charge in [0.1, 0.15) is 0 Å². The standard InChI is InChI=1S/C13H25NO/c1-3-5-6-11(4-2)14-12-7-9-13(15)10-8-12/h3,11-15H,1,4-10H2,2H3. The minimum Gasteiger partial charge on any atom is -0.393 e. The molecule has 0 radical (unpaired) electrons. The van der Waals surface area contributed by atoms with Crippen LogP contribution in [-0.2, 0) is 0 Å². The summed E-state index contributed by atoms with van der Waals surface area (Å²) in [4.78, 5) is 0. The fourth-order valence-electron chi connectivity index (χ4n) is 2.30. The van der Waals surface area contributed by atoms with Crippen LogP contribution in [0, 0.1) is 0 Å². The summed E-state index contributed by atoms with van der Waals surface area (Å²) in [5.74, 6) is 0. The Morgan fingerprint density at radius 2 is 2.07 bits per heavy atom. The van der Waals surface area contributed by atoms with Crippen molar-refractivity contribution < 1.29 is 5.11 Å². The topological polar surface area (TPSA) is 32.3 Å². The predicted molar refractivity (Wildman–Crippen MR) is 64.9 cm³/mol. The van der Waals surface area contributed by atoms with Gasteiger partial charge < -0.3 is 10.4 Å². The third-order valence-corrected chi connectivity index (χ3v) is 3.38. The lowest BCUT2D eigenvalue weighted by molar-refractivity contribution is 0.113. The van der Waals surface area contributed by atoms with Gasteiger partial charge in [-0.3, -0.25) is 0 Å². The smallest absolute Gasteiger partial charge is 0.0541 e. The van der Waals surface area contributed by atoms with Gasteiger partial charge in [0, 0.05) is 12.1 Å². The molecule has 0 aliphatic heterocycles. The fraction of sp³-hybridized carbons (Fsp3) is 0.846. The van der Waals surface area contributed by atoms with Crippen molar-refractivity contribution in [3.8, 4) is 0 Å². The molecule has 2 heteroatoms. The zero-order valence-electron chi connectivity index (χ0n) is 9.91. The van der Waals surface area contributed by atoms with Crippen LogP contribution in [0.1, 0.15) is 51.9 Å². The number of aliphatic hydroxyl groups excluding tert-OH is 1. The van der Waals surface area contributed by atoms with E-state index in [1.54, 1.807) is 0 Å². The highest BCUT2D eigenvalue weighted by atomic mass is 16.3. The lowest BCUT2D eigenvalue weighted by Crippen LogP contribution is -2.41. The first-order valence-electron chi connectivity index (χ1n) is 6.31. The molecule has 1 saturated carbocycles. The van der Waals surface area contributed by atoms with Gasteiger partial charge in [-0.25, -0.2) is 0 Å². The molecule has 0 spiro atoms. The first-order chi connectivity index (χ1) is 7.26. The quantitative estimate of drug-likeness (QED) is 0.662. The highest BCUT2D eigenvalue weighted by Crippen LogP contribution is 2.19. The molecule has 0 amide bonds. The van der Waals surface area contributed by atoms with Gasteiger partial charge >= 0.3 is 0 Å². The molecule has 1 aliphatic rings. The van der Waals surface area contributed by atoms with Crippen molar-refractivity contribution in [3.63, 3.8) is 0 Å². The van der Waals surface area contributed by atoms with Gasteiger partial charge in [0.15, 0.2) is 0 Å². The van der Waals surface area contributed by atoms with E-state index in [1.807, 2.05) is 6.08 Å². The second-order valence-corrected chi connectivity index (χ2v) is 4.64. The Labute approximate surface area is 93.8 Å². The molecule has 15 heavy (non-hydrogen) atoms. The second-order valence-electron chi connectivity index (χ2n) is 4.64. The Kier molecular flexibility index (Phi) is 5.96. The van der Waals surface area contributed by atoms with E-state index in [4.69, 9.17) is 0 Å². The van der Waals surface area contributed by atoms with Gasteiger partial charge in [0.25, 0.3) is 0 Å². The highest BCUT2D eigenvalue weighted by molar-refractivity contribution is 4.81. The molecule has 2 nitrogen and oxygen atoms in total. The molecule has 2 N–H and O–H groups in total. The summed E-state index contributed by atoms with van der Waals surface area (Å²) in [6, 6.07) is 1.26. The lowest BCUT2D eigenvalue weighted by atomic mass is 9.92. The van der Waals surface area contributed by atoms with Gasteiger partial charge in [0.05, 0.1) is 6.10 Å². The van der Waals surface area contributed by atoms with E-state index in [1.165, 1.54) is 12.8 Å². The number of rotatable bonds is 6. The largest absolute Gasteiger partial charge is 0.393 e. The van der Waals surface area contributed by atoms with Crippen LogP contribution in [0.5, 0.6) is 0 Å². The maximum absolute atomic E-state index is 9.42. The second kappa shape index (κ2) is 7.02. The molecule has 0 aromatic carbocycles. The minimum absolute atomic E-state index is 0.0451. The number of hydrogen-bond donors (Lipinski definition) is 2. The Balaban J connectivity index is 2.22. The van der Waals surface area contributed by atoms with Crippen LogP contribution in [-0.4, -0.2) is 23.3 Å². The molecule has 0 heterocycles. The Morgan fingerprint density at radius 1 is 1.40 bits per heavy atom. The molecule has 0 bridgehead atoms. The Hall–Kier alpha value is -0.340. The van der Waals surface area contributed by atoms with Crippen molar-refractivity contribution in [2.24, 2.45) is 0 Å². The number of hydrogen-bond acceptors (Lipinski definition) is 2. The van der Waals surface area contributed by atoms with Crippen LogP contribution in [0.15, 0.2) is 12.7 Å². The van der Waals surface area contributed by atoms with Crippen LogP contribution >= 0.6 is 0 Å². The van der Waals surface area contributed by atoms with Crippen molar-refractivity contribution in [2.45, 2.75) is 70.1 Å². The summed E-state index contributed by atoms with van der Waals surface area (Å²) < 4.78 is 0. The molecule has 0 aromatic heterocycles. The summed E-state index contributed by atoms with van der Waals surface area (Å²) >= 11 is 0. The summed E-state index contributed by atoms with van der Waals surface area (Å²) in [6.07, 6.45) is 9.63. The number of aliphatic hydroxyl groups is 1. The molecular formula is C13H25NO. The van der Waals surface area contributed by atoms with Crippen LogP contribution in [0.2, 0.25) is 0 Å². The van der Waals surface area contributed by atoms with E-state index in [2.05, 4.69) is 18.8 Å². The van der Waals surface area contributed by atoms with Gasteiger partial charge in [-0.15, -0.1) is 6.58 Å². The van der Waals surface area contributed by atoms with Crippen molar-refractivity contribution in [1.29, 1.82) is 0 Å². The zero-order chi connectivity index (χ0) is 11.1. The van der Waals surface area contributed by atoms with E-state index < -0.39 is 0 Å². The predicted octanol–water partition coefficient (Wildman–Crippen LogP) is 2.62. The summed E-state index contributed by atoms with van der Waals surface area (Å²) in [7, 11) is 0. The van der Waals surface area contributed by atoms with Crippen molar-refractivity contribution in [2.75, 3.05) is 0 Å². The molecule has 1 aliphatic carbocycles. The number of nitrogens with one attached hydrogen (secondary N) is 1. The SMILES string of the molecule is C=CCCC(CC)NC1CCC(O)CC1. The third-order valence-electron chi connectivity index (χ3n) is 3.38. The molecule has 1 unspecified atom stereocenters. The average molecular weight is 211 g/mol. The van der Waals surface area contributed by atoms with Crippen LogP contribution < -0.4 is 5.32 Å². The van der Waals surface area contributed by atoms with Gasteiger partial charge in [-0.05, 0) is 44.9 Å². The van der Waals surface area contributed by atoms with E-state index in [-0.39, 0.29) is 6.10 Å². The van der Waals surface area contributed by atoms with Crippen LogP contribution in [0.3, 0.4) is 0 Å². The van der Waals surface area contributed by atoms with E-state index >= 15 is 0 Å². The van der Waals surface area contributed by atoms with Crippen molar-refractivity contribution in [3.05, 3.63) is 12.7 Å². The van der Waals surface area contributed by atoms with E-state index in [0.29, 0.717) is 12.1 Å². The summed E-state index contributed by atoms with van der Waals surface area (Å²) in [5.41, 5.74) is 0. The van der Waals surface area contributed by atoms with Crippen molar-refractivity contribution >= 4 is 0 Å². The van der Waals surface area contributed by atoms with Gasteiger partial charge in [-0.1, -0.05) is 13.0 Å². The van der Waals surface area contributed by atoms with Crippen LogP contribution in [0.25, 0.3) is 0 Å². The highest BCUT2D eigenvalue weighted by Gasteiger charge is 2.20. The normalized spacial score (nSPS) is 28.7. The van der Waals surface area contributed by atoms with E-state index in [0.717, 1.165) is 32.1 Å². The van der Waals surface area contributed by atoms with Crippen molar-refractivity contribution in [1.82, 2.24) is 5.32 Å². The first-order valence-corrected chi connectivity index (χ1v) is 6.31. The molecule has 1 fully saturated rings. The monoisotopic (exact) mass is 211 g/mol. The Bertz CT molecular complexity index is 173. The zero-order valence-corrected chi connectivity index (χ0v) is 9.91. The molecule has 1 rings (SSSR count). The van der Waals surface area contributed by atoms with E-state index in [9.17, 15) is 5.11 Å². The third kappa shape index (κ3) is 4.80.